The molecule has 1 aliphatic rings. The number of H-pyrrole nitrogens is 1. The van der Waals surface area contributed by atoms with Gasteiger partial charge < -0.3 is 4.98 Å². The van der Waals surface area contributed by atoms with E-state index < -0.39 is 0 Å². The standard InChI is InChI=1S/C17H19N5O/c23-17-14-6-1-2-7-15(14)19-16(20-17)12-21-9-3-5-13(21)11-22-10-4-8-18-22/h1-2,4,6-8,10,13H,3,5,9,11-12H2,(H,19,20,23)/t13-/m0/s1. The van der Waals surface area contributed by atoms with Crippen molar-refractivity contribution in [2.75, 3.05) is 6.54 Å². The van der Waals surface area contributed by atoms with Crippen LogP contribution in [0.5, 0.6) is 0 Å². The fourth-order valence-electron chi connectivity index (χ4n) is 3.34. The van der Waals surface area contributed by atoms with E-state index in [-0.39, 0.29) is 5.56 Å². The maximum absolute atomic E-state index is 12.2. The Bertz CT molecular complexity index is 855. The van der Waals surface area contributed by atoms with Crippen molar-refractivity contribution in [3.63, 3.8) is 0 Å². The van der Waals surface area contributed by atoms with Crippen molar-refractivity contribution in [3.05, 3.63) is 58.9 Å². The minimum atomic E-state index is -0.0616. The Morgan fingerprint density at radius 2 is 2.17 bits per heavy atom. The molecule has 1 atom stereocenters. The van der Waals surface area contributed by atoms with Crippen LogP contribution in [0.3, 0.4) is 0 Å². The number of fused-ring (bicyclic) bond motifs is 1. The van der Waals surface area contributed by atoms with Gasteiger partial charge in [-0.3, -0.25) is 14.4 Å². The maximum atomic E-state index is 12.2. The van der Waals surface area contributed by atoms with Crippen LogP contribution in [-0.4, -0.2) is 37.2 Å². The molecule has 118 valence electrons. The van der Waals surface area contributed by atoms with E-state index in [4.69, 9.17) is 0 Å². The van der Waals surface area contributed by atoms with Crippen LogP contribution in [0, 0.1) is 0 Å². The first kappa shape index (κ1) is 14.1. The molecule has 6 nitrogen and oxygen atoms in total. The first-order valence-corrected chi connectivity index (χ1v) is 7.99. The van der Waals surface area contributed by atoms with Crippen molar-refractivity contribution in [3.8, 4) is 0 Å². The lowest BCUT2D eigenvalue weighted by atomic mass is 10.2. The van der Waals surface area contributed by atoms with E-state index in [1.807, 2.05) is 41.3 Å². The number of likely N-dealkylation sites (tertiary alicyclic amines) is 1. The molecule has 2 aromatic heterocycles. The topological polar surface area (TPSA) is 66.8 Å². The Morgan fingerprint density at radius 3 is 3.04 bits per heavy atom. The number of nitrogens with one attached hydrogen (secondary N) is 1. The number of rotatable bonds is 4. The molecule has 1 N–H and O–H groups in total. The van der Waals surface area contributed by atoms with Crippen molar-refractivity contribution in [1.82, 2.24) is 24.6 Å². The van der Waals surface area contributed by atoms with Gasteiger partial charge in [0, 0.05) is 18.4 Å². The number of nitrogens with zero attached hydrogens (tertiary/aromatic N) is 4. The summed E-state index contributed by atoms with van der Waals surface area (Å²) in [6.45, 7) is 2.58. The molecule has 3 aromatic rings. The van der Waals surface area contributed by atoms with E-state index in [0.29, 0.717) is 18.0 Å². The summed E-state index contributed by atoms with van der Waals surface area (Å²) in [4.78, 5) is 22.1. The molecule has 0 saturated carbocycles. The molecule has 0 bridgehead atoms. The number of aromatic nitrogens is 4. The molecule has 0 radical (unpaired) electrons. The van der Waals surface area contributed by atoms with Gasteiger partial charge in [-0.2, -0.15) is 5.10 Å². The summed E-state index contributed by atoms with van der Waals surface area (Å²) in [7, 11) is 0. The highest BCUT2D eigenvalue weighted by Gasteiger charge is 2.25. The summed E-state index contributed by atoms with van der Waals surface area (Å²) in [5.41, 5.74) is 0.697. The first-order chi connectivity index (χ1) is 11.3. The third-order valence-corrected chi connectivity index (χ3v) is 4.47. The van der Waals surface area contributed by atoms with Crippen molar-refractivity contribution in [2.24, 2.45) is 0 Å². The molecular formula is C17H19N5O. The van der Waals surface area contributed by atoms with Gasteiger partial charge in [-0.15, -0.1) is 0 Å². The Balaban J connectivity index is 1.56. The Hall–Kier alpha value is -2.47. The summed E-state index contributed by atoms with van der Waals surface area (Å²) >= 11 is 0. The zero-order valence-electron chi connectivity index (χ0n) is 12.9. The highest BCUT2D eigenvalue weighted by molar-refractivity contribution is 5.77. The third-order valence-electron chi connectivity index (χ3n) is 4.47. The highest BCUT2D eigenvalue weighted by Crippen LogP contribution is 2.20. The number of benzene rings is 1. The molecule has 1 aromatic carbocycles. The number of para-hydroxylation sites is 1. The average molecular weight is 309 g/mol. The SMILES string of the molecule is O=c1[nH]c(CN2CCC[C@H]2Cn2cccn2)nc2ccccc12. The van der Waals surface area contributed by atoms with E-state index in [1.54, 1.807) is 6.07 Å². The lowest BCUT2D eigenvalue weighted by molar-refractivity contribution is 0.214. The Labute approximate surface area is 133 Å². The van der Waals surface area contributed by atoms with Crippen molar-refractivity contribution in [1.29, 1.82) is 0 Å². The average Bonchev–Trinajstić information content (AvgIpc) is 3.21. The summed E-state index contributed by atoms with van der Waals surface area (Å²) in [6, 6.07) is 9.85. The monoisotopic (exact) mass is 309 g/mol. The maximum Gasteiger partial charge on any atom is 0.258 e. The van der Waals surface area contributed by atoms with Crippen LogP contribution in [0.15, 0.2) is 47.5 Å². The van der Waals surface area contributed by atoms with Gasteiger partial charge >= 0.3 is 0 Å². The Kier molecular flexibility index (Phi) is 3.67. The van der Waals surface area contributed by atoms with Gasteiger partial charge in [0.05, 0.1) is 24.0 Å². The first-order valence-electron chi connectivity index (χ1n) is 7.99. The molecule has 23 heavy (non-hydrogen) atoms. The normalized spacial score (nSPS) is 18.7. The zero-order valence-corrected chi connectivity index (χ0v) is 12.9. The van der Waals surface area contributed by atoms with E-state index >= 15 is 0 Å². The van der Waals surface area contributed by atoms with Gasteiger partial charge in [0.1, 0.15) is 5.82 Å². The lowest BCUT2D eigenvalue weighted by Crippen LogP contribution is -2.33. The molecule has 0 spiro atoms. The second-order valence-electron chi connectivity index (χ2n) is 6.02. The quantitative estimate of drug-likeness (QED) is 0.798. The van der Waals surface area contributed by atoms with Crippen LogP contribution in [0.1, 0.15) is 18.7 Å². The minimum Gasteiger partial charge on any atom is -0.309 e. The Morgan fingerprint density at radius 1 is 1.26 bits per heavy atom. The van der Waals surface area contributed by atoms with Gasteiger partial charge in [-0.05, 0) is 37.6 Å². The third kappa shape index (κ3) is 2.90. The predicted molar refractivity (Wildman–Crippen MR) is 88.0 cm³/mol. The smallest absolute Gasteiger partial charge is 0.258 e. The molecule has 0 unspecified atom stereocenters. The van der Waals surface area contributed by atoms with Crippen molar-refractivity contribution >= 4 is 10.9 Å². The van der Waals surface area contributed by atoms with Crippen molar-refractivity contribution in [2.45, 2.75) is 32.0 Å². The summed E-state index contributed by atoms with van der Waals surface area (Å²) in [5, 5.41) is 4.94. The van der Waals surface area contributed by atoms with E-state index in [0.717, 1.165) is 30.9 Å². The molecule has 1 fully saturated rings. The van der Waals surface area contributed by atoms with Crippen LogP contribution in [-0.2, 0) is 13.1 Å². The second-order valence-corrected chi connectivity index (χ2v) is 6.02. The fourth-order valence-corrected chi connectivity index (χ4v) is 3.34. The number of aromatic amines is 1. The molecule has 0 amide bonds. The molecule has 3 heterocycles. The van der Waals surface area contributed by atoms with E-state index in [1.165, 1.54) is 6.42 Å². The molecular weight excluding hydrogens is 290 g/mol. The number of hydrogen-bond donors (Lipinski definition) is 1. The predicted octanol–water partition coefficient (Wildman–Crippen LogP) is 1.78. The van der Waals surface area contributed by atoms with Gasteiger partial charge in [-0.1, -0.05) is 12.1 Å². The molecule has 4 rings (SSSR count). The van der Waals surface area contributed by atoms with Gasteiger partial charge in [-0.25, -0.2) is 4.98 Å². The molecule has 0 aliphatic carbocycles. The minimum absolute atomic E-state index is 0.0616. The van der Waals surface area contributed by atoms with Crippen LogP contribution in [0.2, 0.25) is 0 Å². The summed E-state index contributed by atoms with van der Waals surface area (Å²) in [5.74, 6) is 0.737. The summed E-state index contributed by atoms with van der Waals surface area (Å²) < 4.78 is 1.97. The zero-order chi connectivity index (χ0) is 15.6. The largest absolute Gasteiger partial charge is 0.309 e. The van der Waals surface area contributed by atoms with Crippen molar-refractivity contribution < 1.29 is 0 Å². The fraction of sp³-hybridized carbons (Fsp3) is 0.353. The molecule has 1 saturated heterocycles. The van der Waals surface area contributed by atoms with E-state index in [9.17, 15) is 4.79 Å². The van der Waals surface area contributed by atoms with Gasteiger partial charge in [0.2, 0.25) is 0 Å². The number of hydrogen-bond acceptors (Lipinski definition) is 4. The highest BCUT2D eigenvalue weighted by atomic mass is 16.1. The molecule has 1 aliphatic heterocycles. The molecule has 6 heteroatoms. The summed E-state index contributed by atoms with van der Waals surface area (Å²) in [6.07, 6.45) is 6.12. The lowest BCUT2D eigenvalue weighted by Gasteiger charge is -2.23. The van der Waals surface area contributed by atoms with Crippen LogP contribution in [0.4, 0.5) is 0 Å². The van der Waals surface area contributed by atoms with Gasteiger partial charge in [0.25, 0.3) is 5.56 Å². The van der Waals surface area contributed by atoms with E-state index in [2.05, 4.69) is 20.0 Å². The second kappa shape index (κ2) is 5.96. The van der Waals surface area contributed by atoms with Crippen LogP contribution in [0.25, 0.3) is 10.9 Å². The van der Waals surface area contributed by atoms with Crippen LogP contribution < -0.4 is 5.56 Å². The van der Waals surface area contributed by atoms with Crippen LogP contribution >= 0.6 is 0 Å². The van der Waals surface area contributed by atoms with Gasteiger partial charge in [0.15, 0.2) is 0 Å².